The largest absolute Gasteiger partial charge is 0.460 e. The molecule has 0 saturated carbocycles. The van der Waals surface area contributed by atoms with Crippen molar-refractivity contribution in [3.05, 3.63) is 0 Å². The Bertz CT molecular complexity index is 508. The molecule has 0 nitrogen and oxygen atoms in total. The lowest BCUT2D eigenvalue weighted by atomic mass is 9.90. The van der Waals surface area contributed by atoms with Gasteiger partial charge in [0.05, 0.1) is 3.38 Å². The minimum atomic E-state index is -8.25. The molecule has 26 heavy (non-hydrogen) atoms. The monoisotopic (exact) mass is 558 g/mol. The van der Waals surface area contributed by atoms with Crippen molar-refractivity contribution in [2.45, 2.75) is 51.5 Å². The lowest BCUT2D eigenvalue weighted by Crippen LogP contribution is -2.72. The Hall–Kier alpha value is -0.0300. The molecule has 0 aliphatic rings. The molecule has 17 heteroatoms. The smallest absolute Gasteiger partial charge is 0.200 e. The summed E-state index contributed by atoms with van der Waals surface area (Å²) in [6, 6.07) is 0. The summed E-state index contributed by atoms with van der Waals surface area (Å²) < 4.78 is 189. The summed E-state index contributed by atoms with van der Waals surface area (Å²) in [7, 11) is 0. The second-order valence-electron chi connectivity index (χ2n) is 4.67. The van der Waals surface area contributed by atoms with Gasteiger partial charge in [-0.25, -0.2) is 0 Å². The van der Waals surface area contributed by atoms with Gasteiger partial charge < -0.3 is 0 Å². The Morgan fingerprint density at radius 1 is 0.538 bits per heavy atom. The van der Waals surface area contributed by atoms with Crippen LogP contribution in [0.1, 0.15) is 6.42 Å². The van der Waals surface area contributed by atoms with Gasteiger partial charge in [-0.05, 0) is 0 Å². The predicted molar refractivity (Wildman–Crippen MR) is 64.0 cm³/mol. The Balaban J connectivity index is 6.42. The van der Waals surface area contributed by atoms with Crippen molar-refractivity contribution in [1.82, 2.24) is 0 Å². The van der Waals surface area contributed by atoms with Gasteiger partial charge in [0.15, 0.2) is 0 Å². The molecule has 0 fully saturated rings. The maximum Gasteiger partial charge on any atom is 0.460 e. The predicted octanol–water partition coefficient (Wildman–Crippen LogP) is 6.75. The van der Waals surface area contributed by atoms with Crippen LogP contribution in [0.3, 0.4) is 0 Å². The van der Waals surface area contributed by atoms with Gasteiger partial charge in [-0.2, -0.15) is 65.9 Å². The molecular weight excluding hydrogens is 555 g/mol. The van der Waals surface area contributed by atoms with E-state index in [9.17, 15) is 65.9 Å². The lowest BCUT2D eigenvalue weighted by molar-refractivity contribution is -0.452. The summed E-state index contributed by atoms with van der Waals surface area (Å²) in [6.45, 7) is 0. The van der Waals surface area contributed by atoms with Gasteiger partial charge in [-0.1, -0.05) is 22.6 Å². The van der Waals surface area contributed by atoms with Crippen molar-refractivity contribution >= 4 is 34.2 Å². The summed E-state index contributed by atoms with van der Waals surface area (Å²) in [4.78, 5) is 0. The normalized spacial score (nSPS) is 17.4. The van der Waals surface area contributed by atoms with Gasteiger partial charge >= 0.3 is 41.7 Å². The summed E-state index contributed by atoms with van der Waals surface area (Å²) >= 11 is 5.48. The quantitative estimate of drug-likeness (QED) is 0.184. The summed E-state index contributed by atoms with van der Waals surface area (Å²) in [5.41, 5.74) is 0. The van der Waals surface area contributed by atoms with Crippen LogP contribution in [0, 0.1) is 0 Å². The maximum atomic E-state index is 13.1. The number of alkyl halides is 17. The van der Waals surface area contributed by atoms with Gasteiger partial charge in [-0.15, -0.1) is 11.6 Å². The van der Waals surface area contributed by atoms with Crippen LogP contribution in [-0.4, -0.2) is 45.1 Å². The SMILES string of the molecule is FC(F)(F)C(F)(F)C(F)(F)C(F)(F)C(F)(F)C(F)(F)C(F)(F)CC(Cl)I. The number of rotatable bonds is 7. The molecule has 0 aromatic rings. The van der Waals surface area contributed by atoms with E-state index in [-0.39, 0.29) is 0 Å². The molecular formula is C9H3ClF15I. The molecule has 0 bridgehead atoms. The van der Waals surface area contributed by atoms with Gasteiger partial charge in [0.2, 0.25) is 0 Å². The summed E-state index contributed by atoms with van der Waals surface area (Å²) in [6.07, 6.45) is -10.1. The van der Waals surface area contributed by atoms with Crippen LogP contribution in [0.4, 0.5) is 65.9 Å². The van der Waals surface area contributed by atoms with Crippen LogP contribution in [0.25, 0.3) is 0 Å². The first-order chi connectivity index (χ1) is 10.9. The molecule has 158 valence electrons. The fourth-order valence-corrected chi connectivity index (χ4v) is 2.07. The van der Waals surface area contributed by atoms with E-state index in [0.717, 1.165) is 0 Å². The number of hydrogen-bond donors (Lipinski definition) is 0. The fraction of sp³-hybridized carbons (Fsp3) is 1.00. The van der Waals surface area contributed by atoms with Crippen molar-refractivity contribution < 1.29 is 65.9 Å². The van der Waals surface area contributed by atoms with Crippen molar-refractivity contribution in [2.75, 3.05) is 0 Å². The topological polar surface area (TPSA) is 0 Å². The highest BCUT2D eigenvalue weighted by Gasteiger charge is 2.93. The molecule has 0 radical (unpaired) electrons. The highest BCUT2D eigenvalue weighted by atomic mass is 127. The lowest BCUT2D eigenvalue weighted by Gasteiger charge is -2.41. The molecule has 0 aromatic heterocycles. The zero-order valence-corrected chi connectivity index (χ0v) is 14.1. The third-order valence-corrected chi connectivity index (χ3v) is 3.40. The number of hydrogen-bond acceptors (Lipinski definition) is 0. The maximum absolute atomic E-state index is 13.1. The molecule has 0 aliphatic carbocycles. The molecule has 0 spiro atoms. The minimum Gasteiger partial charge on any atom is -0.200 e. The molecule has 0 N–H and O–H groups in total. The van der Waals surface area contributed by atoms with E-state index >= 15 is 0 Å². The highest BCUT2D eigenvalue weighted by molar-refractivity contribution is 14.1. The first-order valence-corrected chi connectivity index (χ1v) is 7.22. The molecule has 0 aromatic carbocycles. The summed E-state index contributed by atoms with van der Waals surface area (Å²) in [5, 5.41) is 0. The van der Waals surface area contributed by atoms with E-state index in [1.165, 1.54) is 0 Å². The van der Waals surface area contributed by atoms with Gasteiger partial charge in [0.25, 0.3) is 0 Å². The standard InChI is InChI=1S/C9H3ClF15I/c10-2(26)1-3(11,12)4(13,14)5(15,16)6(17,18)7(19,20)8(21,22)9(23,24)25/h2H,1H2. The van der Waals surface area contributed by atoms with Gasteiger partial charge in [0, 0.05) is 6.42 Å². The second-order valence-corrected chi connectivity index (χ2v) is 7.44. The van der Waals surface area contributed by atoms with Crippen molar-refractivity contribution in [3.8, 4) is 0 Å². The average molecular weight is 558 g/mol. The molecule has 1 unspecified atom stereocenters. The zero-order chi connectivity index (χ0) is 21.8. The third kappa shape index (κ3) is 3.64. The highest BCUT2D eigenvalue weighted by Crippen LogP contribution is 2.62. The molecule has 0 aliphatic heterocycles. The minimum absolute atomic E-state index is 0.699. The molecule has 0 heterocycles. The molecule has 0 amide bonds. The van der Waals surface area contributed by atoms with Crippen LogP contribution in [-0.2, 0) is 0 Å². The van der Waals surface area contributed by atoms with Gasteiger partial charge in [0.1, 0.15) is 0 Å². The summed E-state index contributed by atoms with van der Waals surface area (Å²) in [5.74, 6) is -46.2. The molecule has 0 rings (SSSR count). The van der Waals surface area contributed by atoms with Crippen molar-refractivity contribution in [3.63, 3.8) is 0 Å². The molecule has 1 atom stereocenters. The second kappa shape index (κ2) is 6.79. The zero-order valence-electron chi connectivity index (χ0n) is 11.2. The van der Waals surface area contributed by atoms with E-state index < -0.39 is 51.5 Å². The Morgan fingerprint density at radius 2 is 0.808 bits per heavy atom. The average Bonchev–Trinajstić information content (AvgIpc) is 2.34. The van der Waals surface area contributed by atoms with Crippen LogP contribution in [0.2, 0.25) is 0 Å². The Labute approximate surface area is 152 Å². The fourth-order valence-electron chi connectivity index (χ4n) is 1.32. The van der Waals surface area contributed by atoms with Crippen LogP contribution in [0.15, 0.2) is 0 Å². The van der Waals surface area contributed by atoms with E-state index in [4.69, 9.17) is 11.6 Å². The van der Waals surface area contributed by atoms with Crippen LogP contribution >= 0.6 is 34.2 Å². The van der Waals surface area contributed by atoms with E-state index in [2.05, 4.69) is 0 Å². The van der Waals surface area contributed by atoms with E-state index in [1.54, 1.807) is 0 Å². The Morgan fingerprint density at radius 3 is 1.08 bits per heavy atom. The number of halogens is 17. The first kappa shape index (κ1) is 26.0. The van der Waals surface area contributed by atoms with Crippen molar-refractivity contribution in [1.29, 1.82) is 0 Å². The van der Waals surface area contributed by atoms with E-state index in [1.807, 2.05) is 0 Å². The van der Waals surface area contributed by atoms with E-state index in [0.29, 0.717) is 22.6 Å². The van der Waals surface area contributed by atoms with Crippen molar-refractivity contribution in [2.24, 2.45) is 0 Å². The van der Waals surface area contributed by atoms with Crippen LogP contribution < -0.4 is 0 Å². The first-order valence-electron chi connectivity index (χ1n) is 5.53. The van der Waals surface area contributed by atoms with Gasteiger partial charge in [-0.3, -0.25) is 0 Å². The third-order valence-electron chi connectivity index (χ3n) is 2.80. The molecule has 0 saturated heterocycles. The Kier molecular flexibility index (Phi) is 6.78. The van der Waals surface area contributed by atoms with Crippen LogP contribution in [0.5, 0.6) is 0 Å².